The normalized spacial score (nSPS) is 19.4. The number of hydrogen-bond donors (Lipinski definition) is 0. The summed E-state index contributed by atoms with van der Waals surface area (Å²) in [5.74, 6) is 0.900. The summed E-state index contributed by atoms with van der Waals surface area (Å²) in [6.45, 7) is 0. The molecule has 0 bridgehead atoms. The quantitative estimate of drug-likeness (QED) is 0.138. The average molecular weight is 797 g/mol. The Morgan fingerprint density at radius 2 is 0.895 bits per heavy atom. The Kier molecular flexibility index (Phi) is 9.28. The van der Waals surface area contributed by atoms with Crippen LogP contribution in [-0.2, 0) is 5.41 Å². The van der Waals surface area contributed by atoms with Gasteiger partial charge in [-0.1, -0.05) is 198 Å². The molecule has 2 heteroatoms. The van der Waals surface area contributed by atoms with E-state index in [9.17, 15) is 0 Å². The number of anilines is 3. The highest BCUT2D eigenvalue weighted by atomic mass is 79.9. The second kappa shape index (κ2) is 15.0. The summed E-state index contributed by atoms with van der Waals surface area (Å²) in [5, 5.41) is 0. The van der Waals surface area contributed by atoms with Crippen LogP contribution in [0.4, 0.5) is 17.1 Å². The third kappa shape index (κ3) is 6.16. The molecule has 8 aromatic rings. The zero-order valence-electron chi connectivity index (χ0n) is 31.6. The van der Waals surface area contributed by atoms with Crippen molar-refractivity contribution in [1.29, 1.82) is 0 Å². The molecule has 57 heavy (non-hydrogen) atoms. The van der Waals surface area contributed by atoms with E-state index in [1.165, 1.54) is 50.1 Å². The van der Waals surface area contributed by atoms with Crippen molar-refractivity contribution in [3.63, 3.8) is 0 Å². The van der Waals surface area contributed by atoms with Crippen molar-refractivity contribution in [2.75, 3.05) is 4.90 Å². The largest absolute Gasteiger partial charge is 0.311 e. The van der Waals surface area contributed by atoms with Gasteiger partial charge >= 0.3 is 0 Å². The van der Waals surface area contributed by atoms with E-state index < -0.39 is 5.41 Å². The van der Waals surface area contributed by atoms with Gasteiger partial charge in [0.25, 0.3) is 0 Å². The Labute approximate surface area is 344 Å². The summed E-state index contributed by atoms with van der Waals surface area (Å²) in [5.41, 5.74) is 14.6. The topological polar surface area (TPSA) is 3.24 Å². The Bertz CT molecular complexity index is 2570. The van der Waals surface area contributed by atoms with Crippen LogP contribution in [0.15, 0.2) is 229 Å². The Morgan fingerprint density at radius 3 is 1.46 bits per heavy atom. The summed E-state index contributed by atoms with van der Waals surface area (Å²) in [4.78, 5) is 2.39. The standard InChI is InChI=1S/C55H42BrN/c56-53-26-13-12-25-52(53)55(51-24-11-10-21-49(51)50-23-14-22-48(54(50)55)43-19-8-3-9-20-43)44-31-37-47(38-32-44)57(45-33-27-41(28-34-45)39-15-4-1-5-16-39)46-35-29-42(30-36-46)40-17-6-2-7-18-40/h1-21,23-38,48,50,54H,22H2. The molecule has 0 amide bonds. The third-order valence-electron chi connectivity index (χ3n) is 12.4. The van der Waals surface area contributed by atoms with Gasteiger partial charge in [-0.3, -0.25) is 0 Å². The lowest BCUT2D eigenvalue weighted by molar-refractivity contribution is 0.300. The molecule has 0 spiro atoms. The van der Waals surface area contributed by atoms with Crippen molar-refractivity contribution in [1.82, 2.24) is 0 Å². The molecule has 0 aliphatic heterocycles. The van der Waals surface area contributed by atoms with Crippen LogP contribution in [0, 0.1) is 5.92 Å². The number of hydrogen-bond acceptors (Lipinski definition) is 1. The Hall–Kier alpha value is -6.22. The molecular formula is C55H42BrN. The molecule has 0 saturated carbocycles. The zero-order chi connectivity index (χ0) is 38.2. The number of nitrogens with zero attached hydrogens (tertiary/aromatic N) is 1. The minimum atomic E-state index is -0.398. The van der Waals surface area contributed by atoms with Crippen LogP contribution in [0.3, 0.4) is 0 Å². The minimum absolute atomic E-state index is 0.277. The SMILES string of the molecule is Brc1ccccc1C1(c2ccc(N(c3ccc(-c4ccccc4)cc3)c3ccc(-c4ccccc4)cc3)cc2)c2ccccc2C2C=CCC(c3ccccc3)C21. The second-order valence-electron chi connectivity index (χ2n) is 15.3. The number of fused-ring (bicyclic) bond motifs is 3. The van der Waals surface area contributed by atoms with Gasteiger partial charge in [0.15, 0.2) is 0 Å². The van der Waals surface area contributed by atoms with Gasteiger partial charge < -0.3 is 4.90 Å². The first kappa shape index (κ1) is 35.2. The lowest BCUT2D eigenvalue weighted by atomic mass is 9.57. The van der Waals surface area contributed by atoms with Crippen molar-refractivity contribution in [2.45, 2.75) is 23.7 Å². The van der Waals surface area contributed by atoms with E-state index in [2.05, 4.69) is 245 Å². The van der Waals surface area contributed by atoms with Crippen LogP contribution in [0.25, 0.3) is 22.3 Å². The molecule has 0 aromatic heterocycles. The van der Waals surface area contributed by atoms with Crippen molar-refractivity contribution in [3.8, 4) is 22.3 Å². The molecule has 274 valence electrons. The van der Waals surface area contributed by atoms with Crippen LogP contribution in [0.2, 0.25) is 0 Å². The van der Waals surface area contributed by atoms with Crippen LogP contribution >= 0.6 is 15.9 Å². The summed E-state index contributed by atoms with van der Waals surface area (Å²) in [6, 6.07) is 78.1. The van der Waals surface area contributed by atoms with Gasteiger partial charge in [0.05, 0.1) is 5.41 Å². The van der Waals surface area contributed by atoms with Gasteiger partial charge in [-0.05, 0) is 111 Å². The highest BCUT2D eigenvalue weighted by Crippen LogP contribution is 2.65. The maximum Gasteiger partial charge on any atom is 0.0508 e. The minimum Gasteiger partial charge on any atom is -0.311 e. The molecule has 0 heterocycles. The third-order valence-corrected chi connectivity index (χ3v) is 13.1. The molecule has 1 nitrogen and oxygen atoms in total. The molecule has 10 rings (SSSR count). The molecule has 0 saturated heterocycles. The summed E-state index contributed by atoms with van der Waals surface area (Å²) < 4.78 is 1.14. The van der Waals surface area contributed by atoms with Crippen LogP contribution < -0.4 is 4.90 Å². The first-order chi connectivity index (χ1) is 28.2. The molecule has 4 unspecified atom stereocenters. The zero-order valence-corrected chi connectivity index (χ0v) is 33.2. The summed E-state index contributed by atoms with van der Waals surface area (Å²) in [6.07, 6.45) is 5.93. The van der Waals surface area contributed by atoms with Gasteiger partial charge in [0.2, 0.25) is 0 Å². The first-order valence-corrected chi connectivity index (χ1v) is 20.8. The molecule has 2 aliphatic carbocycles. The average Bonchev–Trinajstić information content (AvgIpc) is 3.59. The van der Waals surface area contributed by atoms with Gasteiger partial charge in [0, 0.05) is 27.5 Å². The highest BCUT2D eigenvalue weighted by Gasteiger charge is 2.57. The molecule has 0 N–H and O–H groups in total. The fourth-order valence-electron chi connectivity index (χ4n) is 9.92. The van der Waals surface area contributed by atoms with E-state index in [0.717, 1.165) is 28.0 Å². The summed E-state index contributed by atoms with van der Waals surface area (Å²) >= 11 is 4.10. The van der Waals surface area contributed by atoms with Crippen molar-refractivity contribution >= 4 is 33.0 Å². The van der Waals surface area contributed by atoms with Crippen LogP contribution in [0.1, 0.15) is 46.1 Å². The number of benzene rings is 8. The fourth-order valence-corrected chi connectivity index (χ4v) is 10.5. The maximum absolute atomic E-state index is 4.10. The van der Waals surface area contributed by atoms with E-state index in [4.69, 9.17) is 0 Å². The molecule has 0 fully saturated rings. The van der Waals surface area contributed by atoms with Crippen molar-refractivity contribution < 1.29 is 0 Å². The number of halogens is 1. The molecular weight excluding hydrogens is 755 g/mol. The van der Waals surface area contributed by atoms with E-state index in [1.54, 1.807) is 0 Å². The van der Waals surface area contributed by atoms with Crippen LogP contribution in [-0.4, -0.2) is 0 Å². The monoisotopic (exact) mass is 795 g/mol. The van der Waals surface area contributed by atoms with Gasteiger partial charge in [-0.15, -0.1) is 0 Å². The molecule has 2 aliphatic rings. The number of allylic oxidation sites excluding steroid dienone is 2. The van der Waals surface area contributed by atoms with E-state index in [-0.39, 0.29) is 11.8 Å². The highest BCUT2D eigenvalue weighted by molar-refractivity contribution is 9.10. The smallest absolute Gasteiger partial charge is 0.0508 e. The van der Waals surface area contributed by atoms with E-state index in [0.29, 0.717) is 5.92 Å². The van der Waals surface area contributed by atoms with Crippen LogP contribution in [0.5, 0.6) is 0 Å². The molecule has 8 aromatic carbocycles. The van der Waals surface area contributed by atoms with Crippen molar-refractivity contribution in [3.05, 3.63) is 257 Å². The Balaban J connectivity index is 1.14. The molecule has 0 radical (unpaired) electrons. The number of rotatable bonds is 8. The lowest BCUT2D eigenvalue weighted by Gasteiger charge is -2.45. The van der Waals surface area contributed by atoms with E-state index in [1.807, 2.05) is 0 Å². The predicted octanol–water partition coefficient (Wildman–Crippen LogP) is 15.0. The van der Waals surface area contributed by atoms with Gasteiger partial charge in [-0.2, -0.15) is 0 Å². The van der Waals surface area contributed by atoms with Crippen molar-refractivity contribution in [2.24, 2.45) is 5.92 Å². The maximum atomic E-state index is 4.10. The lowest BCUT2D eigenvalue weighted by Crippen LogP contribution is -2.40. The second-order valence-corrected chi connectivity index (χ2v) is 16.2. The molecule has 4 atom stereocenters. The summed E-state index contributed by atoms with van der Waals surface area (Å²) in [7, 11) is 0. The fraction of sp³-hybridized carbons (Fsp3) is 0.0909. The first-order valence-electron chi connectivity index (χ1n) is 20.0. The van der Waals surface area contributed by atoms with E-state index >= 15 is 0 Å². The Morgan fingerprint density at radius 1 is 0.439 bits per heavy atom. The predicted molar refractivity (Wildman–Crippen MR) is 242 cm³/mol. The van der Waals surface area contributed by atoms with Gasteiger partial charge in [-0.25, -0.2) is 0 Å². The van der Waals surface area contributed by atoms with Gasteiger partial charge in [0.1, 0.15) is 0 Å².